The van der Waals surface area contributed by atoms with Crippen LogP contribution in [-0.4, -0.2) is 56.1 Å². The molecule has 0 aliphatic carbocycles. The summed E-state index contributed by atoms with van der Waals surface area (Å²) in [5.74, 6) is 0.137. The van der Waals surface area contributed by atoms with E-state index in [0.717, 1.165) is 0 Å². The van der Waals surface area contributed by atoms with Crippen LogP contribution in [0.4, 0.5) is 5.82 Å². The lowest BCUT2D eigenvalue weighted by molar-refractivity contribution is -0.146. The molecule has 0 saturated carbocycles. The SMILES string of the molecule is CSCCC(NC(=O)c1ccccc1Cl)C(=O)OCCCn1cnc2c(N)ncnc21. The summed E-state index contributed by atoms with van der Waals surface area (Å²) >= 11 is 7.67. The molecule has 31 heavy (non-hydrogen) atoms. The van der Waals surface area contributed by atoms with Crippen LogP contribution in [0.2, 0.25) is 5.02 Å². The molecule has 2 aromatic heterocycles. The van der Waals surface area contributed by atoms with Crippen molar-refractivity contribution in [1.82, 2.24) is 24.8 Å². The molecule has 2 heterocycles. The number of carbonyl (C=O) groups excluding carboxylic acids is 2. The van der Waals surface area contributed by atoms with Crippen molar-refractivity contribution in [1.29, 1.82) is 0 Å². The van der Waals surface area contributed by atoms with Gasteiger partial charge in [0.2, 0.25) is 0 Å². The van der Waals surface area contributed by atoms with Gasteiger partial charge in [-0.05, 0) is 37.0 Å². The van der Waals surface area contributed by atoms with Crippen molar-refractivity contribution < 1.29 is 14.3 Å². The Hall–Kier alpha value is -2.85. The van der Waals surface area contributed by atoms with E-state index in [0.29, 0.717) is 52.7 Å². The van der Waals surface area contributed by atoms with Gasteiger partial charge < -0.3 is 20.4 Å². The maximum absolute atomic E-state index is 12.6. The van der Waals surface area contributed by atoms with E-state index in [9.17, 15) is 9.59 Å². The van der Waals surface area contributed by atoms with Crippen molar-refractivity contribution >= 4 is 52.2 Å². The Morgan fingerprint density at radius 3 is 2.87 bits per heavy atom. The summed E-state index contributed by atoms with van der Waals surface area (Å²) in [5, 5.41) is 3.06. The molecule has 3 rings (SSSR count). The first-order valence-electron chi connectivity index (χ1n) is 9.63. The number of esters is 1. The van der Waals surface area contributed by atoms with E-state index in [2.05, 4.69) is 20.3 Å². The molecule has 1 atom stereocenters. The normalized spacial score (nSPS) is 11.9. The molecule has 164 valence electrons. The van der Waals surface area contributed by atoms with Gasteiger partial charge in [-0.3, -0.25) is 4.79 Å². The number of ether oxygens (including phenoxy) is 1. The number of aryl methyl sites for hydroxylation is 1. The van der Waals surface area contributed by atoms with Crippen molar-refractivity contribution in [3.63, 3.8) is 0 Å². The summed E-state index contributed by atoms with van der Waals surface area (Å²) < 4.78 is 7.24. The molecule has 11 heteroatoms. The predicted octanol–water partition coefficient (Wildman–Crippen LogP) is 2.55. The first kappa shape index (κ1) is 22.8. The third kappa shape index (κ3) is 5.86. The number of carbonyl (C=O) groups is 2. The fraction of sp³-hybridized carbons (Fsp3) is 0.350. The summed E-state index contributed by atoms with van der Waals surface area (Å²) in [5.41, 5.74) is 7.28. The van der Waals surface area contributed by atoms with Crippen LogP contribution in [0.3, 0.4) is 0 Å². The van der Waals surface area contributed by atoms with Gasteiger partial charge in [-0.25, -0.2) is 19.7 Å². The number of imidazole rings is 1. The van der Waals surface area contributed by atoms with E-state index >= 15 is 0 Å². The summed E-state index contributed by atoms with van der Waals surface area (Å²) in [4.78, 5) is 37.4. The number of halogens is 1. The zero-order valence-electron chi connectivity index (χ0n) is 17.0. The Labute approximate surface area is 188 Å². The zero-order valence-corrected chi connectivity index (χ0v) is 18.5. The summed E-state index contributed by atoms with van der Waals surface area (Å²) in [7, 11) is 0. The number of fused-ring (bicyclic) bond motifs is 1. The Morgan fingerprint density at radius 2 is 2.10 bits per heavy atom. The highest BCUT2D eigenvalue weighted by Gasteiger charge is 2.23. The Kier molecular flexibility index (Phi) is 8.07. The van der Waals surface area contributed by atoms with Crippen molar-refractivity contribution in [2.75, 3.05) is 24.3 Å². The molecule has 1 unspecified atom stereocenters. The van der Waals surface area contributed by atoms with Crippen molar-refractivity contribution in [2.24, 2.45) is 0 Å². The largest absolute Gasteiger partial charge is 0.464 e. The number of nitrogens with one attached hydrogen (secondary N) is 1. The fourth-order valence-electron chi connectivity index (χ4n) is 2.94. The molecule has 1 amide bonds. The highest BCUT2D eigenvalue weighted by atomic mass is 35.5. The molecule has 0 aliphatic rings. The lowest BCUT2D eigenvalue weighted by Crippen LogP contribution is -2.42. The van der Waals surface area contributed by atoms with E-state index in [1.54, 1.807) is 42.4 Å². The number of nitrogens with two attached hydrogens (primary N) is 1. The number of anilines is 1. The summed E-state index contributed by atoms with van der Waals surface area (Å²) in [6.07, 6.45) is 5.95. The van der Waals surface area contributed by atoms with Crippen LogP contribution in [0, 0.1) is 0 Å². The number of nitrogen functional groups attached to an aromatic ring is 1. The van der Waals surface area contributed by atoms with Gasteiger partial charge >= 0.3 is 5.97 Å². The quantitative estimate of drug-likeness (QED) is 0.348. The molecule has 3 N–H and O–H groups in total. The maximum Gasteiger partial charge on any atom is 0.328 e. The van der Waals surface area contributed by atoms with Gasteiger partial charge in [-0.1, -0.05) is 23.7 Å². The molecule has 0 spiro atoms. The molecule has 0 radical (unpaired) electrons. The van der Waals surface area contributed by atoms with Crippen LogP contribution in [0.1, 0.15) is 23.2 Å². The van der Waals surface area contributed by atoms with Crippen LogP contribution in [0.5, 0.6) is 0 Å². The van der Waals surface area contributed by atoms with Crippen LogP contribution in [0.15, 0.2) is 36.9 Å². The predicted molar refractivity (Wildman–Crippen MR) is 121 cm³/mol. The zero-order chi connectivity index (χ0) is 22.2. The second-order valence-electron chi connectivity index (χ2n) is 6.68. The average molecular weight is 463 g/mol. The van der Waals surface area contributed by atoms with Crippen LogP contribution in [-0.2, 0) is 16.1 Å². The smallest absolute Gasteiger partial charge is 0.328 e. The standard InChI is InChI=1S/C20H23ClN6O3S/c1-31-10-7-15(26-19(28)13-5-2-3-6-14(13)21)20(29)30-9-4-8-27-12-25-16-17(22)23-11-24-18(16)27/h2-3,5-6,11-12,15H,4,7-10H2,1H3,(H,26,28)(H2,22,23,24). The van der Waals surface area contributed by atoms with Crippen LogP contribution >= 0.6 is 23.4 Å². The highest BCUT2D eigenvalue weighted by molar-refractivity contribution is 7.98. The number of rotatable bonds is 10. The van der Waals surface area contributed by atoms with Gasteiger partial charge in [0.1, 0.15) is 17.9 Å². The number of aromatic nitrogens is 4. The van der Waals surface area contributed by atoms with Gasteiger partial charge in [0.05, 0.1) is 23.5 Å². The first-order chi connectivity index (χ1) is 15.0. The van der Waals surface area contributed by atoms with Crippen molar-refractivity contribution in [3.8, 4) is 0 Å². The van der Waals surface area contributed by atoms with E-state index in [1.165, 1.54) is 6.33 Å². The van der Waals surface area contributed by atoms with Gasteiger partial charge in [0.25, 0.3) is 5.91 Å². The van der Waals surface area contributed by atoms with Gasteiger partial charge in [-0.15, -0.1) is 0 Å². The Morgan fingerprint density at radius 1 is 1.29 bits per heavy atom. The maximum atomic E-state index is 12.6. The summed E-state index contributed by atoms with van der Waals surface area (Å²) in [6, 6.07) is 5.94. The second-order valence-corrected chi connectivity index (χ2v) is 8.07. The molecular weight excluding hydrogens is 440 g/mol. The van der Waals surface area contributed by atoms with Crippen molar-refractivity contribution in [3.05, 3.63) is 47.5 Å². The van der Waals surface area contributed by atoms with E-state index in [-0.39, 0.29) is 6.61 Å². The molecule has 1 aromatic carbocycles. The molecular formula is C20H23ClN6O3S. The summed E-state index contributed by atoms with van der Waals surface area (Å²) in [6.45, 7) is 0.735. The molecule has 0 aliphatic heterocycles. The Bertz CT molecular complexity index is 1060. The first-order valence-corrected chi connectivity index (χ1v) is 11.4. The highest BCUT2D eigenvalue weighted by Crippen LogP contribution is 2.16. The number of hydrogen-bond acceptors (Lipinski definition) is 8. The topological polar surface area (TPSA) is 125 Å². The molecule has 0 fully saturated rings. The van der Waals surface area contributed by atoms with Crippen LogP contribution in [0.25, 0.3) is 11.2 Å². The monoisotopic (exact) mass is 462 g/mol. The van der Waals surface area contributed by atoms with Gasteiger partial charge in [0.15, 0.2) is 11.5 Å². The van der Waals surface area contributed by atoms with E-state index in [4.69, 9.17) is 22.1 Å². The van der Waals surface area contributed by atoms with Gasteiger partial charge in [0, 0.05) is 6.54 Å². The number of benzene rings is 1. The van der Waals surface area contributed by atoms with E-state index < -0.39 is 17.9 Å². The minimum atomic E-state index is -0.752. The Balaban J connectivity index is 1.54. The fourth-order valence-corrected chi connectivity index (χ4v) is 3.63. The molecule has 3 aromatic rings. The number of nitrogens with zero attached hydrogens (tertiary/aromatic N) is 4. The molecule has 9 nitrogen and oxygen atoms in total. The second kappa shape index (κ2) is 11.0. The average Bonchev–Trinajstić information content (AvgIpc) is 3.18. The van der Waals surface area contributed by atoms with E-state index in [1.807, 2.05) is 10.8 Å². The molecule has 0 bridgehead atoms. The van der Waals surface area contributed by atoms with Crippen LogP contribution < -0.4 is 11.1 Å². The minimum absolute atomic E-state index is 0.191. The lowest BCUT2D eigenvalue weighted by atomic mass is 10.1. The lowest BCUT2D eigenvalue weighted by Gasteiger charge is -2.18. The number of thioether (sulfide) groups is 1. The molecule has 0 saturated heterocycles. The number of hydrogen-bond donors (Lipinski definition) is 2. The third-order valence-corrected chi connectivity index (χ3v) is 5.51. The minimum Gasteiger partial charge on any atom is -0.464 e. The van der Waals surface area contributed by atoms with Gasteiger partial charge in [-0.2, -0.15) is 11.8 Å². The van der Waals surface area contributed by atoms with Crippen molar-refractivity contribution in [2.45, 2.75) is 25.4 Å². The number of amides is 1. The third-order valence-electron chi connectivity index (χ3n) is 4.54.